The molecule has 108 valence electrons. The Bertz CT molecular complexity index is 352. The van der Waals surface area contributed by atoms with Crippen molar-refractivity contribution in [1.29, 1.82) is 0 Å². The summed E-state index contributed by atoms with van der Waals surface area (Å²) in [6, 6.07) is 0. The van der Waals surface area contributed by atoms with E-state index in [2.05, 4.69) is 0 Å². The van der Waals surface area contributed by atoms with Gasteiger partial charge in [0.15, 0.2) is 0 Å². The smallest absolute Gasteiger partial charge is 0.302 e. The highest BCUT2D eigenvalue weighted by Gasteiger charge is 2.35. The molecule has 0 aliphatic carbocycles. The van der Waals surface area contributed by atoms with Crippen molar-refractivity contribution in [2.45, 2.75) is 45.5 Å². The highest BCUT2D eigenvalue weighted by Crippen LogP contribution is 2.21. The molecule has 2 unspecified atom stereocenters. The molecule has 0 amide bonds. The molecule has 7 nitrogen and oxygen atoms in total. The van der Waals surface area contributed by atoms with E-state index in [9.17, 15) is 14.4 Å². The second-order valence-corrected chi connectivity index (χ2v) is 4.29. The van der Waals surface area contributed by atoms with Crippen molar-refractivity contribution in [1.82, 2.24) is 0 Å². The molecule has 0 saturated carbocycles. The zero-order valence-electron chi connectivity index (χ0n) is 11.2. The van der Waals surface area contributed by atoms with Crippen LogP contribution in [0.5, 0.6) is 0 Å². The van der Waals surface area contributed by atoms with Crippen LogP contribution in [0.3, 0.4) is 0 Å². The molecular weight excluding hydrogens is 256 g/mol. The van der Waals surface area contributed by atoms with E-state index in [-0.39, 0.29) is 13.2 Å². The fraction of sp³-hybridized carbons (Fsp3) is 0.750. The van der Waals surface area contributed by atoms with Gasteiger partial charge in [-0.2, -0.15) is 0 Å². The highest BCUT2D eigenvalue weighted by molar-refractivity contribution is 5.67. The third kappa shape index (κ3) is 5.69. The third-order valence-electron chi connectivity index (χ3n) is 2.51. The maximum atomic E-state index is 11.0. The second-order valence-electron chi connectivity index (χ2n) is 4.29. The van der Waals surface area contributed by atoms with Crippen LogP contribution in [0.2, 0.25) is 0 Å². The van der Waals surface area contributed by atoms with Gasteiger partial charge in [0.2, 0.25) is 0 Å². The van der Waals surface area contributed by atoms with E-state index in [1.54, 1.807) is 0 Å². The van der Waals surface area contributed by atoms with Crippen LogP contribution in [0.4, 0.5) is 0 Å². The van der Waals surface area contributed by atoms with Crippen LogP contribution in [-0.2, 0) is 33.3 Å². The van der Waals surface area contributed by atoms with E-state index < -0.39 is 36.2 Å². The van der Waals surface area contributed by atoms with Gasteiger partial charge >= 0.3 is 17.9 Å². The van der Waals surface area contributed by atoms with E-state index in [1.807, 2.05) is 0 Å². The number of hydrogen-bond donors (Lipinski definition) is 0. The zero-order chi connectivity index (χ0) is 14.4. The summed E-state index contributed by atoms with van der Waals surface area (Å²) in [7, 11) is 0. The summed E-state index contributed by atoms with van der Waals surface area (Å²) in [4.78, 5) is 32.7. The van der Waals surface area contributed by atoms with Crippen molar-refractivity contribution in [2.75, 3.05) is 13.2 Å². The lowest BCUT2D eigenvalue weighted by Crippen LogP contribution is -2.47. The fourth-order valence-electron chi connectivity index (χ4n) is 1.83. The van der Waals surface area contributed by atoms with Gasteiger partial charge in [-0.3, -0.25) is 14.4 Å². The summed E-state index contributed by atoms with van der Waals surface area (Å²) in [5.74, 6) is -1.33. The number of carbonyl (C=O) groups excluding carboxylic acids is 3. The minimum absolute atomic E-state index is 0.0000709. The quantitative estimate of drug-likeness (QED) is 0.534. The number of carbonyl (C=O) groups is 3. The standard InChI is InChI=1S/C12H18O7/c1-7(13)16-6-12-11(19-9(3)15)4-10(5-17-12)18-8(2)14/h10-12H,4-6H2,1-3H3/t10?,11?,12-/m1/s1. The molecule has 19 heavy (non-hydrogen) atoms. The molecular formula is C12H18O7. The van der Waals surface area contributed by atoms with Crippen LogP contribution in [0.15, 0.2) is 0 Å². The van der Waals surface area contributed by atoms with Crippen molar-refractivity contribution in [2.24, 2.45) is 0 Å². The summed E-state index contributed by atoms with van der Waals surface area (Å²) in [5, 5.41) is 0. The van der Waals surface area contributed by atoms with Crippen molar-refractivity contribution in [3.05, 3.63) is 0 Å². The normalized spacial score (nSPS) is 26.4. The predicted octanol–water partition coefficient (Wildman–Crippen LogP) is 0.202. The van der Waals surface area contributed by atoms with E-state index in [0.717, 1.165) is 0 Å². The Morgan fingerprint density at radius 1 is 1.05 bits per heavy atom. The SMILES string of the molecule is CC(=O)OC[C@H]1OCC(OC(C)=O)CC1OC(C)=O. The molecule has 0 aromatic carbocycles. The molecule has 1 saturated heterocycles. The Kier molecular flexibility index (Phi) is 5.75. The summed E-state index contributed by atoms with van der Waals surface area (Å²) in [6.07, 6.45) is -1.28. The maximum Gasteiger partial charge on any atom is 0.302 e. The van der Waals surface area contributed by atoms with Crippen molar-refractivity contribution >= 4 is 17.9 Å². The summed E-state index contributed by atoms with van der Waals surface area (Å²) in [6.45, 7) is 4.04. The molecule has 1 aliphatic rings. The molecule has 7 heteroatoms. The molecule has 1 heterocycles. The molecule has 0 bridgehead atoms. The Balaban J connectivity index is 2.58. The van der Waals surface area contributed by atoms with Crippen LogP contribution in [0.1, 0.15) is 27.2 Å². The molecule has 0 spiro atoms. The lowest BCUT2D eigenvalue weighted by molar-refractivity contribution is -0.189. The average Bonchev–Trinajstić information content (AvgIpc) is 2.26. The van der Waals surface area contributed by atoms with E-state index in [1.165, 1.54) is 20.8 Å². The van der Waals surface area contributed by atoms with Crippen LogP contribution in [0.25, 0.3) is 0 Å². The molecule has 0 N–H and O–H groups in total. The van der Waals surface area contributed by atoms with Gasteiger partial charge in [0.05, 0.1) is 6.61 Å². The van der Waals surface area contributed by atoms with Crippen LogP contribution in [-0.4, -0.2) is 49.4 Å². The van der Waals surface area contributed by atoms with Gasteiger partial charge in [0.25, 0.3) is 0 Å². The predicted molar refractivity (Wildman–Crippen MR) is 62.1 cm³/mol. The van der Waals surface area contributed by atoms with Crippen LogP contribution >= 0.6 is 0 Å². The van der Waals surface area contributed by atoms with Crippen molar-refractivity contribution in [3.8, 4) is 0 Å². The molecule has 1 rings (SSSR count). The van der Waals surface area contributed by atoms with Crippen LogP contribution in [0, 0.1) is 0 Å². The Morgan fingerprint density at radius 2 is 1.68 bits per heavy atom. The maximum absolute atomic E-state index is 11.0. The fourth-order valence-corrected chi connectivity index (χ4v) is 1.83. The van der Waals surface area contributed by atoms with Gasteiger partial charge in [-0.15, -0.1) is 0 Å². The van der Waals surface area contributed by atoms with Crippen molar-refractivity contribution in [3.63, 3.8) is 0 Å². The minimum Gasteiger partial charge on any atom is -0.463 e. The average molecular weight is 274 g/mol. The zero-order valence-corrected chi connectivity index (χ0v) is 11.2. The Hall–Kier alpha value is -1.63. The molecule has 0 aromatic heterocycles. The van der Waals surface area contributed by atoms with Gasteiger partial charge in [-0.25, -0.2) is 0 Å². The van der Waals surface area contributed by atoms with Gasteiger partial charge in [-0.05, 0) is 0 Å². The first kappa shape index (κ1) is 15.4. The topological polar surface area (TPSA) is 88.1 Å². The lowest BCUT2D eigenvalue weighted by Gasteiger charge is -2.34. The third-order valence-corrected chi connectivity index (χ3v) is 2.51. The number of hydrogen-bond acceptors (Lipinski definition) is 7. The largest absolute Gasteiger partial charge is 0.463 e. The molecule has 0 radical (unpaired) electrons. The first-order valence-electron chi connectivity index (χ1n) is 5.98. The summed E-state index contributed by atoms with van der Waals surface area (Å²) >= 11 is 0. The second kappa shape index (κ2) is 7.08. The molecule has 1 fully saturated rings. The Morgan fingerprint density at radius 3 is 2.21 bits per heavy atom. The number of rotatable bonds is 4. The minimum atomic E-state index is -0.602. The molecule has 1 aliphatic heterocycles. The first-order valence-corrected chi connectivity index (χ1v) is 5.98. The summed E-state index contributed by atoms with van der Waals surface area (Å²) in [5.41, 5.74) is 0. The Labute approximate surface area is 111 Å². The summed E-state index contributed by atoms with van der Waals surface area (Å²) < 4.78 is 20.4. The van der Waals surface area contributed by atoms with Crippen LogP contribution < -0.4 is 0 Å². The lowest BCUT2D eigenvalue weighted by atomic mass is 10.0. The van der Waals surface area contributed by atoms with E-state index in [4.69, 9.17) is 18.9 Å². The van der Waals surface area contributed by atoms with Gasteiger partial charge < -0.3 is 18.9 Å². The van der Waals surface area contributed by atoms with Gasteiger partial charge in [-0.1, -0.05) is 0 Å². The van der Waals surface area contributed by atoms with Crippen molar-refractivity contribution < 1.29 is 33.3 Å². The first-order chi connectivity index (χ1) is 8.88. The van der Waals surface area contributed by atoms with Gasteiger partial charge in [0, 0.05) is 27.2 Å². The monoisotopic (exact) mass is 274 g/mol. The molecule has 0 aromatic rings. The van der Waals surface area contributed by atoms with E-state index >= 15 is 0 Å². The number of ether oxygens (including phenoxy) is 4. The highest BCUT2D eigenvalue weighted by atomic mass is 16.6. The number of esters is 3. The van der Waals surface area contributed by atoms with Gasteiger partial charge in [0.1, 0.15) is 24.9 Å². The van der Waals surface area contributed by atoms with E-state index in [0.29, 0.717) is 6.42 Å². The molecule has 3 atom stereocenters.